The third kappa shape index (κ3) is 3.20. The van der Waals surface area contributed by atoms with Crippen LogP contribution in [-0.2, 0) is 0 Å². The first-order chi connectivity index (χ1) is 10.1. The van der Waals surface area contributed by atoms with E-state index in [4.69, 9.17) is 10.5 Å². The molecule has 3 rings (SSSR count). The van der Waals surface area contributed by atoms with Crippen molar-refractivity contribution in [2.24, 2.45) is 5.73 Å². The number of ether oxygens (including phenoxy) is 1. The van der Waals surface area contributed by atoms with Crippen molar-refractivity contribution in [2.75, 3.05) is 13.1 Å². The Morgan fingerprint density at radius 1 is 1.24 bits per heavy atom. The van der Waals surface area contributed by atoms with Gasteiger partial charge >= 0.3 is 0 Å². The topological polar surface area (TPSA) is 58.7 Å². The molecule has 0 bridgehead atoms. The first-order valence-corrected chi connectivity index (χ1v) is 7.75. The van der Waals surface area contributed by atoms with E-state index in [2.05, 4.69) is 4.90 Å². The quantitative estimate of drug-likeness (QED) is 0.887. The molecule has 1 heterocycles. The van der Waals surface area contributed by atoms with Gasteiger partial charge in [0.1, 0.15) is 23.8 Å². The largest absolute Gasteiger partial charge is 0.487 e. The minimum Gasteiger partial charge on any atom is -0.487 e. The number of halogens is 1. The number of nitrogens with two attached hydrogens (primary N) is 1. The van der Waals surface area contributed by atoms with Crippen LogP contribution < -0.4 is 10.5 Å². The number of benzene rings is 1. The maximum Gasteiger partial charge on any atom is 0.128 e. The molecule has 1 aliphatic carbocycles. The number of nitrogens with zero attached hydrogens (tertiary/aromatic N) is 1. The number of hydrogen-bond donors (Lipinski definition) is 2. The smallest absolute Gasteiger partial charge is 0.128 e. The van der Waals surface area contributed by atoms with Gasteiger partial charge in [0.2, 0.25) is 0 Å². The molecule has 116 valence electrons. The Labute approximate surface area is 124 Å². The van der Waals surface area contributed by atoms with Crippen LogP contribution in [-0.4, -0.2) is 47.4 Å². The Morgan fingerprint density at radius 2 is 2.00 bits per heavy atom. The molecule has 3 N–H and O–H groups in total. The minimum atomic E-state index is -0.624. The molecule has 4 atom stereocenters. The van der Waals surface area contributed by atoms with E-state index < -0.39 is 6.10 Å². The molecule has 0 amide bonds. The number of piperidine rings is 1. The molecule has 1 aromatic carbocycles. The van der Waals surface area contributed by atoms with Crippen molar-refractivity contribution in [2.45, 2.75) is 50.0 Å². The van der Waals surface area contributed by atoms with Crippen LogP contribution in [0.4, 0.5) is 4.39 Å². The molecule has 0 spiro atoms. The summed E-state index contributed by atoms with van der Waals surface area (Å²) in [5.41, 5.74) is 6.22. The fourth-order valence-electron chi connectivity index (χ4n) is 3.56. The highest BCUT2D eigenvalue weighted by molar-refractivity contribution is 5.23. The third-order valence-corrected chi connectivity index (χ3v) is 4.57. The van der Waals surface area contributed by atoms with Crippen LogP contribution in [0.3, 0.4) is 0 Å². The Hall–Kier alpha value is -1.17. The maximum atomic E-state index is 13.2. The highest BCUT2D eigenvalue weighted by Gasteiger charge is 2.45. The van der Waals surface area contributed by atoms with E-state index in [1.807, 2.05) is 0 Å². The van der Waals surface area contributed by atoms with Gasteiger partial charge in [0.05, 0.1) is 6.04 Å². The lowest BCUT2D eigenvalue weighted by Crippen LogP contribution is -2.52. The molecule has 5 heteroatoms. The maximum absolute atomic E-state index is 13.2. The van der Waals surface area contributed by atoms with Gasteiger partial charge in [-0.25, -0.2) is 4.39 Å². The van der Waals surface area contributed by atoms with E-state index in [-0.39, 0.29) is 24.0 Å². The van der Waals surface area contributed by atoms with Crippen molar-refractivity contribution in [1.29, 1.82) is 0 Å². The van der Waals surface area contributed by atoms with Crippen molar-refractivity contribution in [3.05, 3.63) is 30.1 Å². The molecule has 1 aromatic rings. The van der Waals surface area contributed by atoms with Gasteiger partial charge < -0.3 is 15.6 Å². The second-order valence-electron chi connectivity index (χ2n) is 6.09. The molecule has 1 saturated heterocycles. The molecule has 1 saturated carbocycles. The Kier molecular flexibility index (Phi) is 4.42. The number of rotatable bonds is 3. The van der Waals surface area contributed by atoms with E-state index in [0.29, 0.717) is 12.2 Å². The summed E-state index contributed by atoms with van der Waals surface area (Å²) in [6.07, 6.45) is 3.17. The van der Waals surface area contributed by atoms with Crippen molar-refractivity contribution in [1.82, 2.24) is 4.90 Å². The monoisotopic (exact) mass is 294 g/mol. The number of aliphatic hydroxyl groups is 1. The summed E-state index contributed by atoms with van der Waals surface area (Å²) in [5, 5.41) is 10.6. The summed E-state index contributed by atoms with van der Waals surface area (Å²) >= 11 is 0. The van der Waals surface area contributed by atoms with Crippen molar-refractivity contribution in [3.8, 4) is 5.75 Å². The molecule has 1 aliphatic heterocycles. The minimum absolute atomic E-state index is 0.0520. The van der Waals surface area contributed by atoms with Gasteiger partial charge in [-0.15, -0.1) is 0 Å². The molecule has 0 unspecified atom stereocenters. The lowest BCUT2D eigenvalue weighted by molar-refractivity contribution is 0.00284. The van der Waals surface area contributed by atoms with Gasteiger partial charge in [0.25, 0.3) is 0 Å². The third-order valence-electron chi connectivity index (χ3n) is 4.57. The van der Waals surface area contributed by atoms with Crippen LogP contribution in [0.15, 0.2) is 24.3 Å². The predicted octanol–water partition coefficient (Wildman–Crippen LogP) is 1.52. The van der Waals surface area contributed by atoms with Crippen LogP contribution in [0.2, 0.25) is 0 Å². The summed E-state index contributed by atoms with van der Waals surface area (Å²) < 4.78 is 19.0. The highest BCUT2D eigenvalue weighted by Crippen LogP contribution is 2.30. The van der Waals surface area contributed by atoms with E-state index in [0.717, 1.165) is 25.9 Å². The van der Waals surface area contributed by atoms with Crippen molar-refractivity contribution in [3.63, 3.8) is 0 Å². The molecule has 2 fully saturated rings. The normalized spacial score (nSPS) is 34.0. The zero-order valence-corrected chi connectivity index (χ0v) is 12.1. The second kappa shape index (κ2) is 6.30. The van der Waals surface area contributed by atoms with Gasteiger partial charge in [0.15, 0.2) is 0 Å². The van der Waals surface area contributed by atoms with Crippen LogP contribution in [0.5, 0.6) is 5.75 Å². The fraction of sp³-hybridized carbons (Fsp3) is 0.625. The van der Waals surface area contributed by atoms with E-state index >= 15 is 0 Å². The van der Waals surface area contributed by atoms with Crippen LogP contribution in [0.1, 0.15) is 25.7 Å². The zero-order valence-electron chi connectivity index (χ0n) is 12.1. The number of likely N-dealkylation sites (tertiary alicyclic amines) is 1. The average molecular weight is 294 g/mol. The summed E-state index contributed by atoms with van der Waals surface area (Å²) in [6.45, 7) is 1.98. The molecule has 0 aromatic heterocycles. The predicted molar refractivity (Wildman–Crippen MR) is 78.6 cm³/mol. The molecule has 4 nitrogen and oxygen atoms in total. The van der Waals surface area contributed by atoms with Crippen LogP contribution in [0.25, 0.3) is 0 Å². The molecule has 21 heavy (non-hydrogen) atoms. The molecule has 2 aliphatic rings. The fourth-order valence-corrected chi connectivity index (χ4v) is 3.56. The molecule has 0 radical (unpaired) electrons. The Morgan fingerprint density at radius 3 is 2.71 bits per heavy atom. The van der Waals surface area contributed by atoms with E-state index in [1.54, 1.807) is 12.1 Å². The van der Waals surface area contributed by atoms with Gasteiger partial charge in [0, 0.05) is 18.5 Å². The summed E-state index contributed by atoms with van der Waals surface area (Å²) in [7, 11) is 0. The van der Waals surface area contributed by atoms with E-state index in [9.17, 15) is 9.50 Å². The van der Waals surface area contributed by atoms with Gasteiger partial charge in [-0.3, -0.25) is 4.90 Å². The first kappa shape index (κ1) is 14.8. The van der Waals surface area contributed by atoms with Gasteiger partial charge in [-0.1, -0.05) is 12.5 Å². The summed E-state index contributed by atoms with van der Waals surface area (Å²) in [4.78, 5) is 2.29. The summed E-state index contributed by atoms with van der Waals surface area (Å²) in [5.74, 6) is 0.113. The van der Waals surface area contributed by atoms with E-state index in [1.165, 1.54) is 18.6 Å². The standard InChI is InChI=1S/C16H23FN2O2/c17-11-5-4-6-12(9-11)21-14-10-13(18)15(16(14)20)19-7-2-1-3-8-19/h4-6,9,13-16,20H,1-3,7-8,10,18H2/t13-,14-,15+,16+/m1/s1. The van der Waals surface area contributed by atoms with Crippen LogP contribution in [0, 0.1) is 5.82 Å². The number of aliphatic hydroxyl groups excluding tert-OH is 1. The molecular formula is C16H23FN2O2. The summed E-state index contributed by atoms with van der Waals surface area (Å²) in [6, 6.07) is 5.87. The zero-order chi connectivity index (χ0) is 14.8. The van der Waals surface area contributed by atoms with Crippen molar-refractivity contribution >= 4 is 0 Å². The SMILES string of the molecule is N[C@@H]1C[C@@H](Oc2cccc(F)c2)[C@H](O)[C@H]1N1CCCCC1. The Bertz CT molecular complexity index is 479. The highest BCUT2D eigenvalue weighted by atomic mass is 19.1. The van der Waals surface area contributed by atoms with Gasteiger partial charge in [-0.2, -0.15) is 0 Å². The molecular weight excluding hydrogens is 271 g/mol. The van der Waals surface area contributed by atoms with Gasteiger partial charge in [-0.05, 0) is 38.1 Å². The second-order valence-corrected chi connectivity index (χ2v) is 6.09. The van der Waals surface area contributed by atoms with Crippen LogP contribution >= 0.6 is 0 Å². The van der Waals surface area contributed by atoms with Crippen molar-refractivity contribution < 1.29 is 14.2 Å². The average Bonchev–Trinajstić information content (AvgIpc) is 2.74. The first-order valence-electron chi connectivity index (χ1n) is 7.75. The number of hydrogen-bond acceptors (Lipinski definition) is 4. The Balaban J connectivity index is 1.67. The lowest BCUT2D eigenvalue weighted by Gasteiger charge is -2.36. The lowest BCUT2D eigenvalue weighted by atomic mass is 10.0.